The second-order valence-corrected chi connectivity index (χ2v) is 7.39. The van der Waals surface area contributed by atoms with Gasteiger partial charge in [0.05, 0.1) is 11.5 Å². The largest absolute Gasteiger partial charge is 0.481 e. The molecule has 1 aliphatic carbocycles. The fourth-order valence-electron chi connectivity index (χ4n) is 3.19. The van der Waals surface area contributed by atoms with Crippen molar-refractivity contribution in [1.82, 2.24) is 0 Å². The Kier molecular flexibility index (Phi) is 6.63. The molecule has 0 radical (unpaired) electrons. The van der Waals surface area contributed by atoms with Crippen LogP contribution in [0.25, 0.3) is 0 Å². The number of para-hydroxylation sites is 1. The van der Waals surface area contributed by atoms with Crippen molar-refractivity contribution >= 4 is 11.7 Å². The van der Waals surface area contributed by atoms with E-state index in [-0.39, 0.29) is 5.92 Å². The SMILES string of the molecule is CC(C)C1CCC(C)(C(=O)O)CC1O.Cc1cccc(C)c1N. The summed E-state index contributed by atoms with van der Waals surface area (Å²) in [5.74, 6) is -0.0791. The summed E-state index contributed by atoms with van der Waals surface area (Å²) < 4.78 is 0. The molecule has 0 aromatic heterocycles. The maximum atomic E-state index is 11.0. The van der Waals surface area contributed by atoms with Gasteiger partial charge in [-0.3, -0.25) is 4.79 Å². The minimum atomic E-state index is -0.779. The topological polar surface area (TPSA) is 83.5 Å². The Hall–Kier alpha value is -1.55. The van der Waals surface area contributed by atoms with Crippen LogP contribution in [-0.2, 0) is 4.79 Å². The molecule has 3 unspecified atom stereocenters. The third-order valence-electron chi connectivity index (χ3n) is 5.10. The van der Waals surface area contributed by atoms with Crippen molar-refractivity contribution in [2.45, 2.75) is 60.0 Å². The second kappa shape index (κ2) is 7.82. The molecule has 1 aromatic carbocycles. The van der Waals surface area contributed by atoms with Crippen LogP contribution in [0.15, 0.2) is 18.2 Å². The fraction of sp³-hybridized carbons (Fsp3) is 0.632. The van der Waals surface area contributed by atoms with Crippen molar-refractivity contribution in [3.8, 4) is 0 Å². The first kappa shape index (κ1) is 19.5. The highest BCUT2D eigenvalue weighted by Gasteiger charge is 2.42. The molecule has 4 N–H and O–H groups in total. The van der Waals surface area contributed by atoms with Crippen LogP contribution in [0.3, 0.4) is 0 Å². The Morgan fingerprint density at radius 2 is 1.83 bits per heavy atom. The van der Waals surface area contributed by atoms with E-state index in [1.54, 1.807) is 6.92 Å². The number of aliphatic hydroxyl groups is 1. The molecular weight excluding hydrogens is 290 g/mol. The van der Waals surface area contributed by atoms with E-state index in [1.807, 2.05) is 32.0 Å². The smallest absolute Gasteiger partial charge is 0.309 e. The van der Waals surface area contributed by atoms with Crippen LogP contribution < -0.4 is 5.73 Å². The Bertz CT molecular complexity index is 521. The van der Waals surface area contributed by atoms with Crippen LogP contribution >= 0.6 is 0 Å². The summed E-state index contributed by atoms with van der Waals surface area (Å²) in [5, 5.41) is 18.9. The van der Waals surface area contributed by atoms with E-state index in [1.165, 1.54) is 0 Å². The Labute approximate surface area is 139 Å². The zero-order chi connectivity index (χ0) is 17.8. The molecule has 0 saturated heterocycles. The Balaban J connectivity index is 0.000000253. The fourth-order valence-corrected chi connectivity index (χ4v) is 3.19. The highest BCUT2D eigenvalue weighted by Crippen LogP contribution is 2.41. The van der Waals surface area contributed by atoms with Crippen LogP contribution in [0.4, 0.5) is 5.69 Å². The number of rotatable bonds is 2. The third kappa shape index (κ3) is 4.96. The lowest BCUT2D eigenvalue weighted by atomic mass is 9.67. The molecule has 4 heteroatoms. The Morgan fingerprint density at radius 3 is 2.17 bits per heavy atom. The van der Waals surface area contributed by atoms with Gasteiger partial charge in [-0.1, -0.05) is 32.0 Å². The molecule has 0 bridgehead atoms. The van der Waals surface area contributed by atoms with Crippen LogP contribution in [0.2, 0.25) is 0 Å². The normalized spacial score (nSPS) is 27.3. The van der Waals surface area contributed by atoms with Crippen molar-refractivity contribution in [3.63, 3.8) is 0 Å². The predicted octanol–water partition coefficient (Wildman–Crippen LogP) is 3.78. The summed E-state index contributed by atoms with van der Waals surface area (Å²) >= 11 is 0. The first-order chi connectivity index (χ1) is 10.6. The number of carboxylic acids is 1. The van der Waals surface area contributed by atoms with Crippen molar-refractivity contribution < 1.29 is 15.0 Å². The standard InChI is InChI=1S/C11H20O3.C8H11N/c1-7(2)8-4-5-11(3,10(13)14)6-9(8)12;1-6-4-3-5-7(2)8(6)9/h7-9,12H,4-6H2,1-3H3,(H,13,14);3-5H,9H2,1-2H3. The summed E-state index contributed by atoms with van der Waals surface area (Å²) in [6.45, 7) is 9.92. The second-order valence-electron chi connectivity index (χ2n) is 7.39. The monoisotopic (exact) mass is 321 g/mol. The predicted molar refractivity (Wildman–Crippen MR) is 94.3 cm³/mol. The van der Waals surface area contributed by atoms with E-state index in [0.29, 0.717) is 18.8 Å². The van der Waals surface area contributed by atoms with Crippen LogP contribution in [0.1, 0.15) is 51.2 Å². The van der Waals surface area contributed by atoms with Gasteiger partial charge in [0.25, 0.3) is 0 Å². The number of aliphatic hydroxyl groups excluding tert-OH is 1. The van der Waals surface area contributed by atoms with E-state index >= 15 is 0 Å². The number of aliphatic carboxylic acids is 1. The molecule has 0 heterocycles. The molecule has 0 spiro atoms. The van der Waals surface area contributed by atoms with Crippen molar-refractivity contribution in [1.29, 1.82) is 0 Å². The minimum absolute atomic E-state index is 0.266. The van der Waals surface area contributed by atoms with Gasteiger partial charge in [0.15, 0.2) is 0 Å². The average Bonchev–Trinajstić information content (AvgIpc) is 2.44. The quantitative estimate of drug-likeness (QED) is 0.724. The Morgan fingerprint density at radius 1 is 1.30 bits per heavy atom. The van der Waals surface area contributed by atoms with Crippen LogP contribution in [-0.4, -0.2) is 22.3 Å². The number of carbonyl (C=O) groups is 1. The highest BCUT2D eigenvalue weighted by atomic mass is 16.4. The molecule has 23 heavy (non-hydrogen) atoms. The minimum Gasteiger partial charge on any atom is -0.481 e. The molecule has 0 amide bonds. The van der Waals surface area contributed by atoms with Gasteiger partial charge in [-0.15, -0.1) is 0 Å². The number of benzene rings is 1. The lowest BCUT2D eigenvalue weighted by Gasteiger charge is -2.39. The molecule has 2 rings (SSSR count). The zero-order valence-electron chi connectivity index (χ0n) is 15.0. The van der Waals surface area contributed by atoms with E-state index < -0.39 is 17.5 Å². The number of aryl methyl sites for hydroxylation is 2. The lowest BCUT2D eigenvalue weighted by molar-refractivity contribution is -0.154. The average molecular weight is 321 g/mol. The number of hydrogen-bond acceptors (Lipinski definition) is 3. The van der Waals surface area contributed by atoms with Crippen LogP contribution in [0, 0.1) is 31.1 Å². The molecule has 130 valence electrons. The van der Waals surface area contributed by atoms with Gasteiger partial charge in [0.1, 0.15) is 0 Å². The molecule has 1 fully saturated rings. The van der Waals surface area contributed by atoms with Gasteiger partial charge in [-0.05, 0) is 63.0 Å². The van der Waals surface area contributed by atoms with Crippen molar-refractivity contribution in [2.24, 2.45) is 17.3 Å². The molecular formula is C19H31NO3. The summed E-state index contributed by atoms with van der Waals surface area (Å²) in [7, 11) is 0. The van der Waals surface area contributed by atoms with E-state index in [4.69, 9.17) is 10.8 Å². The number of nitrogens with two attached hydrogens (primary N) is 1. The van der Waals surface area contributed by atoms with E-state index in [0.717, 1.165) is 23.2 Å². The summed E-state index contributed by atoms with van der Waals surface area (Å²) in [5.41, 5.74) is 8.20. The lowest BCUT2D eigenvalue weighted by Crippen LogP contribution is -2.41. The van der Waals surface area contributed by atoms with E-state index in [2.05, 4.69) is 13.8 Å². The van der Waals surface area contributed by atoms with E-state index in [9.17, 15) is 9.90 Å². The number of carboxylic acid groups (broad SMARTS) is 1. The maximum Gasteiger partial charge on any atom is 0.309 e. The summed E-state index contributed by atoms with van der Waals surface area (Å²) in [6, 6.07) is 6.05. The highest BCUT2D eigenvalue weighted by molar-refractivity contribution is 5.74. The van der Waals surface area contributed by atoms with Crippen molar-refractivity contribution in [2.75, 3.05) is 5.73 Å². The van der Waals surface area contributed by atoms with Gasteiger partial charge >= 0.3 is 5.97 Å². The molecule has 1 saturated carbocycles. The molecule has 1 aromatic rings. The first-order valence-electron chi connectivity index (χ1n) is 8.31. The number of nitrogen functional groups attached to an aromatic ring is 1. The molecule has 0 aliphatic heterocycles. The maximum absolute atomic E-state index is 11.0. The number of hydrogen-bond donors (Lipinski definition) is 3. The first-order valence-corrected chi connectivity index (χ1v) is 8.31. The molecule has 1 aliphatic rings. The molecule has 3 atom stereocenters. The van der Waals surface area contributed by atoms with Gasteiger partial charge in [-0.25, -0.2) is 0 Å². The molecule has 4 nitrogen and oxygen atoms in total. The van der Waals surface area contributed by atoms with Crippen LogP contribution in [0.5, 0.6) is 0 Å². The zero-order valence-corrected chi connectivity index (χ0v) is 15.0. The third-order valence-corrected chi connectivity index (χ3v) is 5.10. The van der Waals surface area contributed by atoms with Gasteiger partial charge < -0.3 is 15.9 Å². The van der Waals surface area contributed by atoms with Crippen molar-refractivity contribution in [3.05, 3.63) is 29.3 Å². The summed E-state index contributed by atoms with van der Waals surface area (Å²) in [6.07, 6.45) is 1.44. The van der Waals surface area contributed by atoms with Gasteiger partial charge in [0.2, 0.25) is 0 Å². The van der Waals surface area contributed by atoms with Gasteiger partial charge in [-0.2, -0.15) is 0 Å². The van der Waals surface area contributed by atoms with Gasteiger partial charge in [0, 0.05) is 5.69 Å². The number of anilines is 1. The summed E-state index contributed by atoms with van der Waals surface area (Å²) in [4.78, 5) is 11.0.